The number of oxazole rings is 1. The molecule has 0 N–H and O–H groups in total. The lowest BCUT2D eigenvalue weighted by atomic mass is 10.2. The van der Waals surface area contributed by atoms with Gasteiger partial charge in [0.1, 0.15) is 24.3 Å². The van der Waals surface area contributed by atoms with Crippen LogP contribution >= 0.6 is 11.8 Å². The number of halogens is 3. The average Bonchev–Trinajstić information content (AvgIpc) is 3.07. The van der Waals surface area contributed by atoms with E-state index in [1.54, 1.807) is 24.3 Å². The molecule has 26 heavy (non-hydrogen) atoms. The molecule has 0 spiro atoms. The molecule has 0 saturated heterocycles. The fourth-order valence-electron chi connectivity index (χ4n) is 2.09. The summed E-state index contributed by atoms with van der Waals surface area (Å²) < 4.78 is 47.8. The molecule has 1 aromatic heterocycles. The number of alkyl halides is 3. The van der Waals surface area contributed by atoms with Gasteiger partial charge in [-0.2, -0.15) is 13.2 Å². The largest absolute Gasteiger partial charge is 0.487 e. The van der Waals surface area contributed by atoms with E-state index in [4.69, 9.17) is 9.15 Å². The van der Waals surface area contributed by atoms with E-state index in [-0.39, 0.29) is 23.3 Å². The van der Waals surface area contributed by atoms with Crippen LogP contribution in [0, 0.1) is 0 Å². The first-order valence-electron chi connectivity index (χ1n) is 7.64. The van der Waals surface area contributed by atoms with E-state index in [0.29, 0.717) is 11.6 Å². The molecule has 3 aromatic rings. The molecule has 0 bridgehead atoms. The van der Waals surface area contributed by atoms with Gasteiger partial charge in [0.25, 0.3) is 0 Å². The van der Waals surface area contributed by atoms with Gasteiger partial charge in [0.05, 0.1) is 0 Å². The highest BCUT2D eigenvalue weighted by Gasteiger charge is 2.28. The van der Waals surface area contributed by atoms with Gasteiger partial charge in [-0.15, -0.1) is 0 Å². The fraction of sp³-hybridized carbons (Fsp3) is 0.105. The third kappa shape index (κ3) is 5.70. The molecule has 0 atom stereocenters. The zero-order valence-corrected chi connectivity index (χ0v) is 14.3. The number of rotatable bonds is 6. The standard InChI is InChI=1S/C19H14F3NO2S/c20-19(21,22)26-17-9-6-14(7-10-17)8-11-18-23-15(13-25-18)12-24-16-4-2-1-3-5-16/h1-11,13H,12H2/b11-8+. The summed E-state index contributed by atoms with van der Waals surface area (Å²) in [7, 11) is 0. The Morgan fingerprint density at radius 1 is 1.00 bits per heavy atom. The second-order valence-corrected chi connectivity index (χ2v) is 6.37. The Labute approximate surface area is 152 Å². The van der Waals surface area contributed by atoms with Crippen LogP contribution in [-0.2, 0) is 6.61 Å². The van der Waals surface area contributed by atoms with Crippen LogP contribution < -0.4 is 4.74 Å². The highest BCUT2D eigenvalue weighted by molar-refractivity contribution is 8.00. The van der Waals surface area contributed by atoms with Crippen molar-refractivity contribution in [3.05, 3.63) is 78.0 Å². The molecular formula is C19H14F3NO2S. The number of hydrogen-bond acceptors (Lipinski definition) is 4. The number of nitrogens with zero attached hydrogens (tertiary/aromatic N) is 1. The normalized spacial score (nSPS) is 11.8. The molecule has 0 aliphatic rings. The average molecular weight is 377 g/mol. The number of aromatic nitrogens is 1. The molecule has 0 aliphatic heterocycles. The maximum atomic E-state index is 12.3. The summed E-state index contributed by atoms with van der Waals surface area (Å²) in [6, 6.07) is 15.4. The summed E-state index contributed by atoms with van der Waals surface area (Å²) in [5.41, 5.74) is -2.89. The minimum atomic E-state index is -4.28. The number of ether oxygens (including phenoxy) is 1. The molecule has 0 amide bonds. The van der Waals surface area contributed by atoms with Crippen LogP contribution in [0.2, 0.25) is 0 Å². The summed E-state index contributed by atoms with van der Waals surface area (Å²) in [6.07, 6.45) is 4.87. The zero-order valence-electron chi connectivity index (χ0n) is 13.4. The second-order valence-electron chi connectivity index (χ2n) is 5.23. The molecule has 3 nitrogen and oxygen atoms in total. The van der Waals surface area contributed by atoms with E-state index in [9.17, 15) is 13.2 Å². The third-order valence-corrected chi connectivity index (χ3v) is 3.97. The van der Waals surface area contributed by atoms with Gasteiger partial charge in [0.2, 0.25) is 5.89 Å². The van der Waals surface area contributed by atoms with Crippen LogP contribution in [-0.4, -0.2) is 10.5 Å². The first-order chi connectivity index (χ1) is 12.5. The summed E-state index contributed by atoms with van der Waals surface area (Å²) in [5, 5.41) is 0. The SMILES string of the molecule is FC(F)(F)Sc1ccc(/C=C/c2nc(COc3ccccc3)co2)cc1. The highest BCUT2D eigenvalue weighted by Crippen LogP contribution is 2.36. The van der Waals surface area contributed by atoms with Gasteiger partial charge in [-0.1, -0.05) is 30.3 Å². The van der Waals surface area contributed by atoms with Gasteiger partial charge in [-0.3, -0.25) is 0 Å². The minimum absolute atomic E-state index is 0.138. The van der Waals surface area contributed by atoms with Gasteiger partial charge in [-0.25, -0.2) is 4.98 Å². The fourth-order valence-corrected chi connectivity index (χ4v) is 2.63. The lowest BCUT2D eigenvalue weighted by Crippen LogP contribution is -1.98. The first-order valence-corrected chi connectivity index (χ1v) is 8.46. The summed E-state index contributed by atoms with van der Waals surface area (Å²) in [5.74, 6) is 1.13. The predicted octanol–water partition coefficient (Wildman–Crippen LogP) is 6.04. The molecular weight excluding hydrogens is 363 g/mol. The maximum absolute atomic E-state index is 12.3. The second kappa shape index (κ2) is 8.14. The summed E-state index contributed by atoms with van der Waals surface area (Å²) >= 11 is -0.138. The Morgan fingerprint density at radius 3 is 2.42 bits per heavy atom. The quantitative estimate of drug-likeness (QED) is 0.491. The summed E-state index contributed by atoms with van der Waals surface area (Å²) in [4.78, 5) is 4.42. The van der Waals surface area contributed by atoms with Crippen molar-refractivity contribution in [1.29, 1.82) is 0 Å². The van der Waals surface area contributed by atoms with Crippen LogP contribution in [0.5, 0.6) is 5.75 Å². The molecule has 134 valence electrons. The van der Waals surface area contributed by atoms with Crippen LogP contribution in [0.3, 0.4) is 0 Å². The van der Waals surface area contributed by atoms with Crippen LogP contribution in [0.25, 0.3) is 12.2 Å². The van der Waals surface area contributed by atoms with Gasteiger partial charge in [0.15, 0.2) is 0 Å². The van der Waals surface area contributed by atoms with Crippen molar-refractivity contribution >= 4 is 23.9 Å². The smallest absolute Gasteiger partial charge is 0.446 e. The Kier molecular flexibility index (Phi) is 5.68. The highest BCUT2D eigenvalue weighted by atomic mass is 32.2. The van der Waals surface area contributed by atoms with E-state index in [0.717, 1.165) is 11.3 Å². The molecule has 7 heteroatoms. The molecule has 0 aliphatic carbocycles. The molecule has 0 radical (unpaired) electrons. The van der Waals surface area contributed by atoms with Crippen LogP contribution in [0.4, 0.5) is 13.2 Å². The van der Waals surface area contributed by atoms with E-state index in [1.165, 1.54) is 18.4 Å². The zero-order chi connectivity index (χ0) is 18.4. The Hall–Kier alpha value is -2.67. The lowest BCUT2D eigenvalue weighted by molar-refractivity contribution is -0.0328. The molecule has 3 rings (SSSR count). The maximum Gasteiger partial charge on any atom is 0.446 e. The Bertz CT molecular complexity index is 858. The van der Waals surface area contributed by atoms with Gasteiger partial charge in [0, 0.05) is 11.0 Å². The van der Waals surface area contributed by atoms with Crippen molar-refractivity contribution in [3.8, 4) is 5.75 Å². The van der Waals surface area contributed by atoms with Crippen LogP contribution in [0.1, 0.15) is 17.1 Å². The van der Waals surface area contributed by atoms with Crippen molar-refractivity contribution in [2.75, 3.05) is 0 Å². The number of thioether (sulfide) groups is 1. The minimum Gasteiger partial charge on any atom is -0.487 e. The first kappa shape index (κ1) is 18.1. The summed E-state index contributed by atoms with van der Waals surface area (Å²) in [6.45, 7) is 0.282. The van der Waals surface area contributed by atoms with E-state index >= 15 is 0 Å². The monoisotopic (exact) mass is 377 g/mol. The van der Waals surface area contributed by atoms with E-state index in [2.05, 4.69) is 4.98 Å². The van der Waals surface area contributed by atoms with Crippen molar-refractivity contribution in [2.24, 2.45) is 0 Å². The molecule has 0 saturated carbocycles. The lowest BCUT2D eigenvalue weighted by Gasteiger charge is -2.05. The Balaban J connectivity index is 1.56. The van der Waals surface area contributed by atoms with Gasteiger partial charge < -0.3 is 9.15 Å². The van der Waals surface area contributed by atoms with Crippen LogP contribution in [0.15, 0.2) is 70.2 Å². The molecule has 0 fully saturated rings. The number of benzene rings is 2. The molecule has 2 aromatic carbocycles. The van der Waals surface area contributed by atoms with Crippen molar-refractivity contribution in [2.45, 2.75) is 17.0 Å². The van der Waals surface area contributed by atoms with Crippen molar-refractivity contribution in [3.63, 3.8) is 0 Å². The van der Waals surface area contributed by atoms with Gasteiger partial charge in [-0.05, 0) is 47.7 Å². The predicted molar refractivity (Wildman–Crippen MR) is 94.6 cm³/mol. The molecule has 1 heterocycles. The third-order valence-electron chi connectivity index (χ3n) is 3.23. The van der Waals surface area contributed by atoms with Crippen molar-refractivity contribution < 1.29 is 22.3 Å². The van der Waals surface area contributed by atoms with Crippen molar-refractivity contribution in [1.82, 2.24) is 4.98 Å². The Morgan fingerprint density at radius 2 is 1.73 bits per heavy atom. The van der Waals surface area contributed by atoms with Gasteiger partial charge >= 0.3 is 5.51 Å². The molecule has 0 unspecified atom stereocenters. The topological polar surface area (TPSA) is 35.3 Å². The van der Waals surface area contributed by atoms with E-state index in [1.807, 2.05) is 30.3 Å². The number of hydrogen-bond donors (Lipinski definition) is 0. The van der Waals surface area contributed by atoms with E-state index < -0.39 is 5.51 Å². The number of para-hydroxylation sites is 1.